The van der Waals surface area contributed by atoms with Gasteiger partial charge in [0.15, 0.2) is 0 Å². The zero-order valence-corrected chi connectivity index (χ0v) is 12.4. The lowest BCUT2D eigenvalue weighted by atomic mass is 10.2. The number of rotatable bonds is 4. The number of ether oxygens (including phenoxy) is 1. The van der Waals surface area contributed by atoms with Gasteiger partial charge in [0, 0.05) is 24.2 Å². The Balaban J connectivity index is 2.45. The van der Waals surface area contributed by atoms with E-state index in [1.807, 2.05) is 0 Å². The molecule has 1 atom stereocenters. The van der Waals surface area contributed by atoms with E-state index in [9.17, 15) is 12.8 Å². The molecule has 1 fully saturated rings. The second-order valence-corrected chi connectivity index (χ2v) is 6.98. The van der Waals surface area contributed by atoms with Gasteiger partial charge in [-0.3, -0.25) is 0 Å². The molecule has 5 nitrogen and oxygen atoms in total. The molecular formula is C12H15ClFNO4S. The Labute approximate surface area is 122 Å². The molecule has 1 aliphatic heterocycles. The molecule has 20 heavy (non-hydrogen) atoms. The van der Waals surface area contributed by atoms with Crippen molar-refractivity contribution in [2.75, 3.05) is 20.3 Å². The Morgan fingerprint density at radius 2 is 2.25 bits per heavy atom. The number of hydrogen-bond acceptors (Lipinski definition) is 4. The molecule has 1 unspecified atom stereocenters. The maximum absolute atomic E-state index is 14.1. The monoisotopic (exact) mass is 323 g/mol. The van der Waals surface area contributed by atoms with E-state index in [-0.39, 0.29) is 23.2 Å². The fraction of sp³-hybridized carbons (Fsp3) is 0.500. The molecule has 2 rings (SSSR count). The first-order valence-corrected chi connectivity index (χ1v) is 7.84. The fourth-order valence-electron chi connectivity index (χ4n) is 2.08. The van der Waals surface area contributed by atoms with Crippen molar-refractivity contribution in [3.05, 3.63) is 28.5 Å². The second kappa shape index (κ2) is 5.95. The summed E-state index contributed by atoms with van der Waals surface area (Å²) < 4.78 is 45.3. The molecule has 8 heteroatoms. The molecule has 1 aliphatic rings. The molecule has 1 aromatic carbocycles. The average molecular weight is 324 g/mol. The van der Waals surface area contributed by atoms with Crippen LogP contribution in [-0.4, -0.2) is 44.1 Å². The van der Waals surface area contributed by atoms with E-state index in [4.69, 9.17) is 21.4 Å². The van der Waals surface area contributed by atoms with Gasteiger partial charge in [0.05, 0.1) is 19.3 Å². The third kappa shape index (κ3) is 2.82. The number of benzene rings is 1. The Kier molecular flexibility index (Phi) is 4.66. The Bertz CT molecular complexity index is 602. The summed E-state index contributed by atoms with van der Waals surface area (Å²) in [5, 5.41) is 9.12. The summed E-state index contributed by atoms with van der Waals surface area (Å²) in [7, 11) is -2.64. The molecule has 0 aliphatic carbocycles. The summed E-state index contributed by atoms with van der Waals surface area (Å²) in [5.41, 5.74) is -0.146. The van der Waals surface area contributed by atoms with Crippen LogP contribution in [0.4, 0.5) is 4.39 Å². The van der Waals surface area contributed by atoms with Gasteiger partial charge in [0.1, 0.15) is 10.7 Å². The number of nitrogens with zero attached hydrogens (tertiary/aromatic N) is 1. The van der Waals surface area contributed by atoms with Gasteiger partial charge in [0.2, 0.25) is 10.0 Å². The zero-order chi connectivity index (χ0) is 14.9. The van der Waals surface area contributed by atoms with E-state index in [0.29, 0.717) is 13.0 Å². The van der Waals surface area contributed by atoms with Crippen LogP contribution in [0.25, 0.3) is 0 Å². The van der Waals surface area contributed by atoms with E-state index in [0.717, 1.165) is 10.4 Å². The molecule has 1 N–H and O–H groups in total. The summed E-state index contributed by atoms with van der Waals surface area (Å²) in [6.45, 7) is 0.139. The van der Waals surface area contributed by atoms with Crippen LogP contribution >= 0.6 is 11.6 Å². The molecule has 0 spiro atoms. The highest BCUT2D eigenvalue weighted by Crippen LogP contribution is 2.28. The van der Waals surface area contributed by atoms with Crippen molar-refractivity contribution in [3.63, 3.8) is 0 Å². The van der Waals surface area contributed by atoms with Gasteiger partial charge in [-0.05, 0) is 18.6 Å². The maximum atomic E-state index is 14.1. The number of hydrogen-bond donors (Lipinski definition) is 1. The van der Waals surface area contributed by atoms with Crippen LogP contribution in [0, 0.1) is 5.82 Å². The van der Waals surface area contributed by atoms with Gasteiger partial charge in [-0.1, -0.05) is 11.6 Å². The lowest BCUT2D eigenvalue weighted by Crippen LogP contribution is -2.37. The number of likely N-dealkylation sites (N-methyl/N-ethyl adjacent to an activating group) is 1. The van der Waals surface area contributed by atoms with Crippen LogP contribution in [0.5, 0.6) is 0 Å². The highest BCUT2D eigenvalue weighted by Gasteiger charge is 2.33. The Morgan fingerprint density at radius 1 is 1.55 bits per heavy atom. The molecule has 1 saturated heterocycles. The van der Waals surface area contributed by atoms with Crippen molar-refractivity contribution in [3.8, 4) is 0 Å². The smallest absolute Gasteiger partial charge is 0.246 e. The molecule has 1 heterocycles. The third-order valence-electron chi connectivity index (χ3n) is 3.33. The average Bonchev–Trinajstić information content (AvgIpc) is 2.93. The van der Waals surface area contributed by atoms with Gasteiger partial charge in [-0.2, -0.15) is 4.31 Å². The summed E-state index contributed by atoms with van der Waals surface area (Å²) >= 11 is 5.79. The molecule has 0 saturated carbocycles. The van der Waals surface area contributed by atoms with E-state index >= 15 is 0 Å². The number of aliphatic hydroxyl groups is 1. The van der Waals surface area contributed by atoms with Gasteiger partial charge in [-0.25, -0.2) is 12.8 Å². The first kappa shape index (κ1) is 15.7. The van der Waals surface area contributed by atoms with Crippen molar-refractivity contribution in [1.82, 2.24) is 4.31 Å². The first-order chi connectivity index (χ1) is 9.37. The highest BCUT2D eigenvalue weighted by molar-refractivity contribution is 7.89. The minimum Gasteiger partial charge on any atom is -0.392 e. The first-order valence-electron chi connectivity index (χ1n) is 6.02. The zero-order valence-electron chi connectivity index (χ0n) is 10.8. The molecule has 1 aromatic rings. The predicted octanol–water partition coefficient (Wildman–Crippen LogP) is 1.38. The highest BCUT2D eigenvalue weighted by atomic mass is 35.5. The quantitative estimate of drug-likeness (QED) is 0.909. The van der Waals surface area contributed by atoms with Crippen molar-refractivity contribution >= 4 is 21.6 Å². The van der Waals surface area contributed by atoms with E-state index in [1.165, 1.54) is 13.1 Å². The Morgan fingerprint density at radius 3 is 2.80 bits per heavy atom. The molecule has 0 radical (unpaired) electrons. The number of halogens is 2. The SMILES string of the molecule is CN(C1CCOC1)S(=O)(=O)c1cc(Cl)cc(CO)c1F. The minimum atomic E-state index is -4.03. The third-order valence-corrected chi connectivity index (χ3v) is 5.45. The van der Waals surface area contributed by atoms with Crippen molar-refractivity contribution < 1.29 is 22.7 Å². The van der Waals surface area contributed by atoms with Gasteiger partial charge < -0.3 is 9.84 Å². The lowest BCUT2D eigenvalue weighted by Gasteiger charge is -2.23. The summed E-state index contributed by atoms with van der Waals surface area (Å²) in [6.07, 6.45) is 0.560. The van der Waals surface area contributed by atoms with Gasteiger partial charge >= 0.3 is 0 Å². The van der Waals surface area contributed by atoms with Crippen LogP contribution < -0.4 is 0 Å². The summed E-state index contributed by atoms with van der Waals surface area (Å²) in [4.78, 5) is -0.525. The van der Waals surface area contributed by atoms with Crippen LogP contribution in [0.2, 0.25) is 5.02 Å². The number of aliphatic hydroxyl groups excluding tert-OH is 1. The molecular weight excluding hydrogens is 309 g/mol. The molecule has 112 valence electrons. The minimum absolute atomic E-state index is 0.0603. The van der Waals surface area contributed by atoms with Gasteiger partial charge in [0.25, 0.3) is 0 Å². The fourth-order valence-corrected chi connectivity index (χ4v) is 3.89. The maximum Gasteiger partial charge on any atom is 0.246 e. The normalized spacial score (nSPS) is 19.8. The lowest BCUT2D eigenvalue weighted by molar-refractivity contribution is 0.180. The molecule has 0 bridgehead atoms. The van der Waals surface area contributed by atoms with Gasteiger partial charge in [-0.15, -0.1) is 0 Å². The Hall–Kier alpha value is -0.730. The molecule has 0 aromatic heterocycles. The van der Waals surface area contributed by atoms with E-state index in [1.54, 1.807) is 0 Å². The van der Waals surface area contributed by atoms with Crippen LogP contribution in [0.1, 0.15) is 12.0 Å². The van der Waals surface area contributed by atoms with Crippen LogP contribution in [0.15, 0.2) is 17.0 Å². The van der Waals surface area contributed by atoms with Crippen molar-refractivity contribution in [1.29, 1.82) is 0 Å². The van der Waals surface area contributed by atoms with Crippen molar-refractivity contribution in [2.24, 2.45) is 0 Å². The topological polar surface area (TPSA) is 66.8 Å². The van der Waals surface area contributed by atoms with Crippen LogP contribution in [0.3, 0.4) is 0 Å². The molecule has 0 amide bonds. The summed E-state index contributed by atoms with van der Waals surface area (Å²) in [6, 6.07) is 1.93. The largest absolute Gasteiger partial charge is 0.392 e. The van der Waals surface area contributed by atoms with E-state index < -0.39 is 27.3 Å². The second-order valence-electron chi connectivity index (χ2n) is 4.57. The predicted molar refractivity (Wildman–Crippen MR) is 71.5 cm³/mol. The van der Waals surface area contributed by atoms with Crippen LogP contribution in [-0.2, 0) is 21.4 Å². The van der Waals surface area contributed by atoms with E-state index in [2.05, 4.69) is 0 Å². The van der Waals surface area contributed by atoms with Crippen molar-refractivity contribution in [2.45, 2.75) is 24.0 Å². The number of sulfonamides is 1. The standard InChI is InChI=1S/C12H15ClFNO4S/c1-15(10-2-3-19-7-10)20(17,18)11-5-9(13)4-8(6-16)12(11)14/h4-5,10,16H,2-3,6-7H2,1H3. The summed E-state index contributed by atoms with van der Waals surface area (Å²) in [5.74, 6) is -0.970.